The molecular formula is C18H23NO5S. The Morgan fingerprint density at radius 3 is 2.80 bits per heavy atom. The Balaban J connectivity index is 2.16. The molecule has 1 aromatic rings. The first-order valence-electron chi connectivity index (χ1n) is 8.05. The van der Waals surface area contributed by atoms with Gasteiger partial charge in [-0.25, -0.2) is 4.79 Å². The minimum absolute atomic E-state index is 0.219. The lowest BCUT2D eigenvalue weighted by Gasteiger charge is -2.32. The van der Waals surface area contributed by atoms with E-state index in [0.717, 1.165) is 11.3 Å². The molecule has 2 rings (SSSR count). The molecule has 6 nitrogen and oxygen atoms in total. The molecule has 0 aromatic heterocycles. The summed E-state index contributed by atoms with van der Waals surface area (Å²) in [6.07, 6.45) is 3.13. The molecule has 0 bridgehead atoms. The number of ether oxygens (including phenoxy) is 3. The number of rotatable bonds is 6. The van der Waals surface area contributed by atoms with Gasteiger partial charge >= 0.3 is 5.97 Å². The topological polar surface area (TPSA) is 65.1 Å². The van der Waals surface area contributed by atoms with E-state index < -0.39 is 6.04 Å². The summed E-state index contributed by atoms with van der Waals surface area (Å²) >= 11 is 1.65. The monoisotopic (exact) mass is 365 g/mol. The van der Waals surface area contributed by atoms with Gasteiger partial charge in [0.25, 0.3) is 0 Å². The third-order valence-corrected chi connectivity index (χ3v) is 4.84. The van der Waals surface area contributed by atoms with Crippen molar-refractivity contribution in [1.29, 1.82) is 0 Å². The lowest BCUT2D eigenvalue weighted by Crippen LogP contribution is -2.50. The van der Waals surface area contributed by atoms with Gasteiger partial charge in [-0.2, -0.15) is 11.8 Å². The molecule has 1 heterocycles. The van der Waals surface area contributed by atoms with Crippen molar-refractivity contribution in [2.24, 2.45) is 0 Å². The van der Waals surface area contributed by atoms with Crippen LogP contribution in [0.15, 0.2) is 24.3 Å². The van der Waals surface area contributed by atoms with Crippen LogP contribution in [0.25, 0.3) is 6.08 Å². The van der Waals surface area contributed by atoms with Crippen molar-refractivity contribution < 1.29 is 23.8 Å². The number of carbonyl (C=O) groups is 2. The lowest BCUT2D eigenvalue weighted by atomic mass is 10.1. The van der Waals surface area contributed by atoms with Gasteiger partial charge in [0.15, 0.2) is 0 Å². The Kier molecular flexibility index (Phi) is 7.18. The summed E-state index contributed by atoms with van der Waals surface area (Å²) in [4.78, 5) is 26.2. The first kappa shape index (κ1) is 19.2. The summed E-state index contributed by atoms with van der Waals surface area (Å²) in [6.45, 7) is 2.58. The van der Waals surface area contributed by atoms with Gasteiger partial charge in [0.2, 0.25) is 5.91 Å². The molecule has 1 atom stereocenters. The van der Waals surface area contributed by atoms with Crippen molar-refractivity contribution in [2.45, 2.75) is 13.0 Å². The summed E-state index contributed by atoms with van der Waals surface area (Å²) in [5.41, 5.74) is 0.731. The molecule has 1 aliphatic heterocycles. The number of methoxy groups -OCH3 is 2. The molecule has 136 valence electrons. The molecule has 1 unspecified atom stereocenters. The number of hydrogen-bond donors (Lipinski definition) is 0. The molecule has 1 saturated heterocycles. The number of hydrogen-bond acceptors (Lipinski definition) is 6. The van der Waals surface area contributed by atoms with Crippen molar-refractivity contribution >= 4 is 29.7 Å². The number of thioether (sulfide) groups is 1. The molecule has 0 N–H and O–H groups in total. The van der Waals surface area contributed by atoms with Gasteiger partial charge in [0, 0.05) is 29.7 Å². The molecule has 1 fully saturated rings. The fourth-order valence-electron chi connectivity index (χ4n) is 2.53. The first-order valence-corrected chi connectivity index (χ1v) is 9.21. The molecule has 0 spiro atoms. The lowest BCUT2D eigenvalue weighted by molar-refractivity contribution is -0.152. The summed E-state index contributed by atoms with van der Waals surface area (Å²) in [7, 11) is 3.15. The molecule has 0 radical (unpaired) electrons. The van der Waals surface area contributed by atoms with Crippen molar-refractivity contribution in [3.63, 3.8) is 0 Å². The van der Waals surface area contributed by atoms with Gasteiger partial charge in [0.05, 0.1) is 20.8 Å². The van der Waals surface area contributed by atoms with E-state index >= 15 is 0 Å². The Labute approximate surface area is 152 Å². The van der Waals surface area contributed by atoms with E-state index in [2.05, 4.69) is 0 Å². The van der Waals surface area contributed by atoms with Crippen LogP contribution < -0.4 is 9.47 Å². The van der Waals surface area contributed by atoms with E-state index in [1.807, 2.05) is 0 Å². The second kappa shape index (κ2) is 9.36. The van der Waals surface area contributed by atoms with Crippen LogP contribution in [-0.4, -0.2) is 61.7 Å². The van der Waals surface area contributed by atoms with Crippen molar-refractivity contribution in [1.82, 2.24) is 4.90 Å². The molecule has 1 aromatic carbocycles. The second-order valence-electron chi connectivity index (χ2n) is 5.32. The van der Waals surface area contributed by atoms with E-state index in [1.54, 1.807) is 62.1 Å². The van der Waals surface area contributed by atoms with Crippen molar-refractivity contribution in [2.75, 3.05) is 38.9 Å². The average Bonchev–Trinajstić information content (AvgIpc) is 2.65. The standard InChI is InChI=1S/C18H23NO5S/c1-4-24-18(21)15-12-25-10-9-19(15)17(20)8-5-13-11-14(22-2)6-7-16(13)23-3/h5-8,11,15H,4,9-10,12H2,1-3H3/b8-5+. The SMILES string of the molecule is CCOC(=O)C1CSCCN1C(=O)/C=C/c1cc(OC)ccc1OC. The van der Waals surface area contributed by atoms with Crippen LogP contribution in [0.2, 0.25) is 0 Å². The summed E-state index contributed by atoms with van der Waals surface area (Å²) in [6, 6.07) is 4.82. The van der Waals surface area contributed by atoms with E-state index in [-0.39, 0.29) is 11.9 Å². The van der Waals surface area contributed by atoms with Gasteiger partial charge in [-0.1, -0.05) is 0 Å². The quantitative estimate of drug-likeness (QED) is 0.569. The minimum atomic E-state index is -0.539. The van der Waals surface area contributed by atoms with Crippen LogP contribution in [0.4, 0.5) is 0 Å². The van der Waals surface area contributed by atoms with Crippen LogP contribution in [0.5, 0.6) is 11.5 Å². The van der Waals surface area contributed by atoms with Gasteiger partial charge in [-0.3, -0.25) is 4.79 Å². The van der Waals surface area contributed by atoms with Crippen molar-refractivity contribution in [3.05, 3.63) is 29.8 Å². The zero-order valence-electron chi connectivity index (χ0n) is 14.7. The predicted molar refractivity (Wildman–Crippen MR) is 98.0 cm³/mol. The fraction of sp³-hybridized carbons (Fsp3) is 0.444. The molecule has 1 aliphatic rings. The van der Waals surface area contributed by atoms with Crippen molar-refractivity contribution in [3.8, 4) is 11.5 Å². The minimum Gasteiger partial charge on any atom is -0.497 e. The molecular weight excluding hydrogens is 342 g/mol. The highest BCUT2D eigenvalue weighted by atomic mass is 32.2. The van der Waals surface area contributed by atoms with E-state index in [9.17, 15) is 9.59 Å². The Morgan fingerprint density at radius 1 is 1.32 bits per heavy atom. The van der Waals surface area contributed by atoms with Gasteiger partial charge < -0.3 is 19.1 Å². The molecule has 1 amide bonds. The zero-order valence-corrected chi connectivity index (χ0v) is 15.5. The van der Waals surface area contributed by atoms with Crippen LogP contribution in [0.1, 0.15) is 12.5 Å². The summed E-state index contributed by atoms with van der Waals surface area (Å²) < 4.78 is 15.6. The summed E-state index contributed by atoms with van der Waals surface area (Å²) in [5.74, 6) is 2.10. The maximum Gasteiger partial charge on any atom is 0.329 e. The Bertz CT molecular complexity index is 646. The largest absolute Gasteiger partial charge is 0.497 e. The Morgan fingerprint density at radius 2 is 2.12 bits per heavy atom. The Hall–Kier alpha value is -2.15. The highest BCUT2D eigenvalue weighted by Gasteiger charge is 2.32. The third kappa shape index (κ3) is 4.92. The number of benzene rings is 1. The highest BCUT2D eigenvalue weighted by Crippen LogP contribution is 2.25. The maximum atomic E-state index is 12.6. The predicted octanol–water partition coefficient (Wildman–Crippen LogP) is 2.22. The fourth-order valence-corrected chi connectivity index (χ4v) is 3.56. The smallest absolute Gasteiger partial charge is 0.329 e. The van der Waals surface area contributed by atoms with E-state index in [4.69, 9.17) is 14.2 Å². The first-order chi connectivity index (χ1) is 12.1. The van der Waals surface area contributed by atoms with E-state index in [1.165, 1.54) is 6.08 Å². The summed E-state index contributed by atoms with van der Waals surface area (Å²) in [5, 5.41) is 0. The molecule has 0 aliphatic carbocycles. The third-order valence-electron chi connectivity index (χ3n) is 3.81. The highest BCUT2D eigenvalue weighted by molar-refractivity contribution is 7.99. The van der Waals surface area contributed by atoms with Crippen LogP contribution in [0.3, 0.4) is 0 Å². The van der Waals surface area contributed by atoms with Crippen LogP contribution in [-0.2, 0) is 14.3 Å². The average molecular weight is 365 g/mol. The number of amides is 1. The number of esters is 1. The normalized spacial score (nSPS) is 17.4. The maximum absolute atomic E-state index is 12.6. The molecule has 7 heteroatoms. The van der Waals surface area contributed by atoms with Gasteiger partial charge in [-0.05, 0) is 31.2 Å². The zero-order chi connectivity index (χ0) is 18.2. The van der Waals surface area contributed by atoms with Crippen LogP contribution >= 0.6 is 11.8 Å². The van der Waals surface area contributed by atoms with Crippen LogP contribution in [0, 0.1) is 0 Å². The van der Waals surface area contributed by atoms with Gasteiger partial charge in [-0.15, -0.1) is 0 Å². The number of nitrogens with zero attached hydrogens (tertiary/aromatic N) is 1. The number of carbonyl (C=O) groups excluding carboxylic acids is 2. The molecule has 25 heavy (non-hydrogen) atoms. The van der Waals surface area contributed by atoms with E-state index in [0.29, 0.717) is 30.4 Å². The van der Waals surface area contributed by atoms with Gasteiger partial charge in [0.1, 0.15) is 17.5 Å². The molecule has 0 saturated carbocycles. The second-order valence-corrected chi connectivity index (χ2v) is 6.47.